The summed E-state index contributed by atoms with van der Waals surface area (Å²) in [6.45, 7) is 6.03. The number of carbonyl (C=O) groups is 1. The smallest absolute Gasteiger partial charge is 0.241 e. The maximum absolute atomic E-state index is 12.5. The summed E-state index contributed by atoms with van der Waals surface area (Å²) in [6.07, 6.45) is 0.739. The van der Waals surface area contributed by atoms with E-state index in [-0.39, 0.29) is 39.3 Å². The number of nitrogens with two attached hydrogens (primary N) is 1. The van der Waals surface area contributed by atoms with Crippen molar-refractivity contribution in [3.05, 3.63) is 29.8 Å². The van der Waals surface area contributed by atoms with Gasteiger partial charge in [-0.05, 0) is 44.9 Å². The molecule has 7 nitrogen and oxygen atoms in total. The van der Waals surface area contributed by atoms with Gasteiger partial charge in [0.15, 0.2) is 0 Å². The Bertz CT molecular complexity index is 821. The fourth-order valence-corrected chi connectivity index (χ4v) is 7.30. The van der Waals surface area contributed by atoms with E-state index in [2.05, 4.69) is 15.4 Å². The lowest BCUT2D eigenvalue weighted by molar-refractivity contribution is -0.125. The second-order valence-corrected chi connectivity index (χ2v) is 11.6. The zero-order valence-corrected chi connectivity index (χ0v) is 18.4. The summed E-state index contributed by atoms with van der Waals surface area (Å²) in [4.78, 5) is 12.5. The minimum absolute atomic E-state index is 0.0391. The van der Waals surface area contributed by atoms with E-state index in [4.69, 9.17) is 5.73 Å². The molecule has 156 valence electrons. The maximum atomic E-state index is 12.5. The highest BCUT2D eigenvalue weighted by Gasteiger charge is 2.47. The number of piperidine rings is 1. The molecule has 1 amide bonds. The molecule has 2 fully saturated rings. The zero-order valence-electron chi connectivity index (χ0n) is 16.7. The Hall–Kier alpha value is -1.13. The minimum Gasteiger partial charge on any atom is -0.359 e. The van der Waals surface area contributed by atoms with Gasteiger partial charge in [-0.15, -0.1) is 11.8 Å². The highest BCUT2D eigenvalue weighted by molar-refractivity contribution is 8.00. The molecule has 0 bridgehead atoms. The van der Waals surface area contributed by atoms with Crippen LogP contribution in [0.15, 0.2) is 29.2 Å². The molecule has 1 aromatic carbocycles. The van der Waals surface area contributed by atoms with Crippen molar-refractivity contribution in [2.75, 3.05) is 13.6 Å². The predicted molar refractivity (Wildman–Crippen MR) is 112 cm³/mol. The van der Waals surface area contributed by atoms with Gasteiger partial charge < -0.3 is 16.4 Å². The molecule has 2 saturated heterocycles. The third-order valence-electron chi connectivity index (χ3n) is 5.25. The van der Waals surface area contributed by atoms with Gasteiger partial charge in [0.25, 0.3) is 0 Å². The monoisotopic (exact) mass is 426 g/mol. The Labute approximate surface area is 171 Å². The average Bonchev–Trinajstić information content (AvgIpc) is 3.06. The lowest BCUT2D eigenvalue weighted by Gasteiger charge is -2.36. The van der Waals surface area contributed by atoms with Gasteiger partial charge in [0, 0.05) is 35.5 Å². The number of fused-ring (bicyclic) bond motifs is 1. The number of amides is 1. The molecule has 2 aliphatic rings. The predicted octanol–water partition coefficient (Wildman–Crippen LogP) is 1.18. The lowest BCUT2D eigenvalue weighted by Crippen LogP contribution is -2.58. The van der Waals surface area contributed by atoms with Gasteiger partial charge in [-0.1, -0.05) is 12.1 Å². The first kappa shape index (κ1) is 21.6. The number of hydrogen-bond acceptors (Lipinski definition) is 6. The Balaban J connectivity index is 1.77. The summed E-state index contributed by atoms with van der Waals surface area (Å²) in [7, 11) is -1.89. The standard InChI is InChI=1S/C19H30N4O3S2/c1-19(2,3)23-28(25,26)12-7-5-11(6-8-12)15-9-13-16(27-15)14(18(24)21-4)10-22-17(13)20/h5-8,13-17,22-23H,9-10,20H2,1-4H3,(H,21,24). The van der Waals surface area contributed by atoms with Crippen molar-refractivity contribution in [1.82, 2.24) is 15.4 Å². The Morgan fingerprint density at radius 3 is 2.46 bits per heavy atom. The molecule has 28 heavy (non-hydrogen) atoms. The Kier molecular flexibility index (Phi) is 6.12. The fourth-order valence-electron chi connectivity index (χ4n) is 3.97. The lowest BCUT2D eigenvalue weighted by atomic mass is 9.84. The van der Waals surface area contributed by atoms with Crippen molar-refractivity contribution < 1.29 is 13.2 Å². The van der Waals surface area contributed by atoms with E-state index in [1.165, 1.54) is 0 Å². The normalized spacial score (nSPS) is 30.7. The molecule has 3 rings (SSSR count). The largest absolute Gasteiger partial charge is 0.359 e. The second kappa shape index (κ2) is 7.95. The quantitative estimate of drug-likeness (QED) is 0.575. The van der Waals surface area contributed by atoms with Crippen LogP contribution in [0.25, 0.3) is 0 Å². The van der Waals surface area contributed by atoms with Crippen LogP contribution in [-0.2, 0) is 14.8 Å². The first-order valence-corrected chi connectivity index (χ1v) is 11.9. The van der Waals surface area contributed by atoms with Gasteiger partial charge in [0.1, 0.15) is 0 Å². The molecule has 0 saturated carbocycles. The molecular formula is C19H30N4O3S2. The van der Waals surface area contributed by atoms with Gasteiger partial charge in [-0.2, -0.15) is 0 Å². The topological polar surface area (TPSA) is 113 Å². The fraction of sp³-hybridized carbons (Fsp3) is 0.632. The molecule has 9 heteroatoms. The molecule has 2 heterocycles. The van der Waals surface area contributed by atoms with Crippen molar-refractivity contribution in [3.8, 4) is 0 Å². The molecule has 0 aromatic heterocycles. The summed E-state index contributed by atoms with van der Waals surface area (Å²) in [5, 5.41) is 6.36. The Morgan fingerprint density at radius 1 is 1.25 bits per heavy atom. The van der Waals surface area contributed by atoms with Crippen LogP contribution in [-0.4, -0.2) is 44.9 Å². The SMILES string of the molecule is CNC(=O)C1CNC(N)C2CC(c3ccc(S(=O)(=O)NC(C)(C)C)cc3)SC12. The molecule has 5 unspecified atom stereocenters. The van der Waals surface area contributed by atoms with Crippen molar-refractivity contribution in [2.24, 2.45) is 17.6 Å². The number of carbonyl (C=O) groups excluding carboxylic acids is 1. The van der Waals surface area contributed by atoms with Gasteiger partial charge in [-0.3, -0.25) is 4.79 Å². The van der Waals surface area contributed by atoms with Crippen LogP contribution in [0.5, 0.6) is 0 Å². The number of sulfonamides is 1. The summed E-state index contributed by atoms with van der Waals surface area (Å²) >= 11 is 1.78. The van der Waals surface area contributed by atoms with E-state index in [9.17, 15) is 13.2 Å². The van der Waals surface area contributed by atoms with Gasteiger partial charge in [-0.25, -0.2) is 13.1 Å². The van der Waals surface area contributed by atoms with E-state index in [1.54, 1.807) is 30.9 Å². The van der Waals surface area contributed by atoms with Crippen molar-refractivity contribution in [1.29, 1.82) is 0 Å². The van der Waals surface area contributed by atoms with Crippen LogP contribution in [0.2, 0.25) is 0 Å². The molecule has 2 aliphatic heterocycles. The average molecular weight is 427 g/mol. The highest BCUT2D eigenvalue weighted by Crippen LogP contribution is 2.52. The minimum atomic E-state index is -3.55. The third-order valence-corrected chi connectivity index (χ3v) is 8.81. The van der Waals surface area contributed by atoms with E-state index in [0.29, 0.717) is 6.54 Å². The number of thioether (sulfide) groups is 1. The molecule has 1 aromatic rings. The van der Waals surface area contributed by atoms with E-state index >= 15 is 0 Å². The molecule has 0 aliphatic carbocycles. The number of rotatable bonds is 4. The van der Waals surface area contributed by atoms with Crippen LogP contribution in [0, 0.1) is 11.8 Å². The van der Waals surface area contributed by atoms with E-state index in [0.717, 1.165) is 12.0 Å². The van der Waals surface area contributed by atoms with Crippen LogP contribution >= 0.6 is 11.8 Å². The molecule has 0 spiro atoms. The van der Waals surface area contributed by atoms with Crippen LogP contribution < -0.4 is 21.1 Å². The molecule has 0 radical (unpaired) electrons. The number of benzene rings is 1. The summed E-state index contributed by atoms with van der Waals surface area (Å²) < 4.78 is 27.7. The van der Waals surface area contributed by atoms with Gasteiger partial charge in [0.2, 0.25) is 15.9 Å². The molecule has 5 N–H and O–H groups in total. The van der Waals surface area contributed by atoms with Crippen molar-refractivity contribution in [2.45, 2.75) is 54.3 Å². The third kappa shape index (κ3) is 4.54. The van der Waals surface area contributed by atoms with E-state index in [1.807, 2.05) is 32.9 Å². The second-order valence-electron chi connectivity index (χ2n) is 8.57. The van der Waals surface area contributed by atoms with E-state index < -0.39 is 15.6 Å². The Morgan fingerprint density at radius 2 is 1.89 bits per heavy atom. The number of nitrogens with one attached hydrogen (secondary N) is 3. The summed E-state index contributed by atoms with van der Waals surface area (Å²) in [5.41, 5.74) is 6.79. The van der Waals surface area contributed by atoms with Gasteiger partial charge in [0.05, 0.1) is 17.0 Å². The highest BCUT2D eigenvalue weighted by atomic mass is 32.2. The summed E-state index contributed by atoms with van der Waals surface area (Å²) in [5.74, 6) is 0.134. The van der Waals surface area contributed by atoms with Crippen molar-refractivity contribution in [3.63, 3.8) is 0 Å². The summed E-state index contributed by atoms with van der Waals surface area (Å²) in [6, 6.07) is 7.06. The van der Waals surface area contributed by atoms with Crippen molar-refractivity contribution >= 4 is 27.7 Å². The van der Waals surface area contributed by atoms with Crippen LogP contribution in [0.4, 0.5) is 0 Å². The molecule has 5 atom stereocenters. The molecular weight excluding hydrogens is 396 g/mol. The van der Waals surface area contributed by atoms with Crippen LogP contribution in [0.1, 0.15) is 38.0 Å². The first-order valence-electron chi connectivity index (χ1n) is 9.52. The van der Waals surface area contributed by atoms with Gasteiger partial charge >= 0.3 is 0 Å². The number of hydrogen-bond donors (Lipinski definition) is 4. The zero-order chi connectivity index (χ0) is 20.7. The first-order chi connectivity index (χ1) is 13.0. The van der Waals surface area contributed by atoms with Crippen LogP contribution in [0.3, 0.4) is 0 Å². The maximum Gasteiger partial charge on any atom is 0.241 e.